The lowest BCUT2D eigenvalue weighted by molar-refractivity contribution is 0.795. The minimum Gasteiger partial charge on any atom is -0.208 e. The van der Waals surface area contributed by atoms with Gasteiger partial charge in [0, 0.05) is 16.7 Å². The Morgan fingerprint density at radius 1 is 0.305 bits per heavy atom. The molecule has 0 N–H and O–H groups in total. The van der Waals surface area contributed by atoms with E-state index in [0.717, 1.165) is 27.8 Å². The zero-order chi connectivity index (χ0) is 39.7. The first kappa shape index (κ1) is 35.2. The van der Waals surface area contributed by atoms with Gasteiger partial charge in [-0.1, -0.05) is 201 Å². The fraction of sp³-hybridized carbons (Fsp3) is 0.0727. The molecular formula is C55H41N3Si. The highest BCUT2D eigenvalue weighted by Crippen LogP contribution is 2.63. The Morgan fingerprint density at radius 2 is 0.695 bits per heavy atom. The van der Waals surface area contributed by atoms with E-state index in [2.05, 4.69) is 153 Å². The molecule has 1 spiro atoms. The molecule has 1 heterocycles. The van der Waals surface area contributed by atoms with Gasteiger partial charge in [0.15, 0.2) is 17.5 Å². The Labute approximate surface area is 346 Å². The van der Waals surface area contributed by atoms with Gasteiger partial charge in [0.1, 0.15) is 0 Å². The van der Waals surface area contributed by atoms with Gasteiger partial charge in [-0.25, -0.2) is 15.0 Å². The lowest BCUT2D eigenvalue weighted by Gasteiger charge is -2.31. The molecule has 0 bridgehead atoms. The molecular weight excluding hydrogens is 731 g/mol. The van der Waals surface area contributed by atoms with Crippen molar-refractivity contribution in [3.05, 3.63) is 216 Å². The second-order valence-electron chi connectivity index (χ2n) is 16.8. The predicted octanol–water partition coefficient (Wildman–Crippen LogP) is 13.1. The van der Waals surface area contributed by atoms with Crippen LogP contribution in [0.15, 0.2) is 194 Å². The van der Waals surface area contributed by atoms with Crippen molar-refractivity contribution in [2.75, 3.05) is 0 Å². The molecule has 1 aromatic heterocycles. The average Bonchev–Trinajstić information content (AvgIpc) is 3.76. The van der Waals surface area contributed by atoms with Crippen LogP contribution in [0.1, 0.15) is 22.3 Å². The van der Waals surface area contributed by atoms with Gasteiger partial charge in [0.2, 0.25) is 0 Å². The monoisotopic (exact) mass is 771 g/mol. The van der Waals surface area contributed by atoms with Crippen LogP contribution in [-0.2, 0) is 5.41 Å². The molecule has 0 aliphatic heterocycles. The summed E-state index contributed by atoms with van der Waals surface area (Å²) in [5.41, 5.74) is 18.0. The zero-order valence-electron chi connectivity index (χ0n) is 33.3. The fourth-order valence-electron chi connectivity index (χ4n) is 9.44. The highest BCUT2D eigenvalue weighted by molar-refractivity contribution is 6.88. The Kier molecular flexibility index (Phi) is 8.07. The number of aromatic nitrogens is 3. The largest absolute Gasteiger partial charge is 0.208 e. The van der Waals surface area contributed by atoms with E-state index in [4.69, 9.17) is 15.0 Å². The summed E-state index contributed by atoms with van der Waals surface area (Å²) < 4.78 is 0. The molecule has 0 unspecified atom stereocenters. The second-order valence-corrected chi connectivity index (χ2v) is 21.9. The quantitative estimate of drug-likeness (QED) is 0.158. The lowest BCUT2D eigenvalue weighted by atomic mass is 9.70. The van der Waals surface area contributed by atoms with Gasteiger partial charge in [-0.15, -0.1) is 0 Å². The van der Waals surface area contributed by atoms with E-state index in [1.54, 1.807) is 0 Å². The molecule has 2 aliphatic carbocycles. The van der Waals surface area contributed by atoms with Gasteiger partial charge < -0.3 is 0 Å². The maximum absolute atomic E-state index is 5.02. The minimum atomic E-state index is -1.61. The zero-order valence-corrected chi connectivity index (χ0v) is 34.3. The third kappa shape index (κ3) is 5.66. The normalized spacial score (nSPS) is 13.1. The van der Waals surface area contributed by atoms with Gasteiger partial charge >= 0.3 is 0 Å². The molecule has 11 rings (SSSR count). The molecule has 0 atom stereocenters. The van der Waals surface area contributed by atoms with Crippen molar-refractivity contribution in [2.24, 2.45) is 0 Å². The molecule has 0 radical (unpaired) electrons. The molecule has 280 valence electrons. The first-order valence-electron chi connectivity index (χ1n) is 20.4. The lowest BCUT2D eigenvalue weighted by Crippen LogP contribution is -2.38. The number of hydrogen-bond donors (Lipinski definition) is 0. The van der Waals surface area contributed by atoms with Crippen molar-refractivity contribution < 1.29 is 0 Å². The summed E-state index contributed by atoms with van der Waals surface area (Å²) in [6.45, 7) is 7.36. The van der Waals surface area contributed by atoms with Gasteiger partial charge in [-0.05, 0) is 85.0 Å². The molecule has 59 heavy (non-hydrogen) atoms. The molecule has 2 aliphatic rings. The molecule has 8 aromatic carbocycles. The number of hydrogen-bond acceptors (Lipinski definition) is 3. The third-order valence-corrected chi connectivity index (χ3v) is 14.3. The summed E-state index contributed by atoms with van der Waals surface area (Å²) in [4.78, 5) is 14.9. The van der Waals surface area contributed by atoms with Crippen LogP contribution in [0.5, 0.6) is 0 Å². The molecule has 9 aromatic rings. The van der Waals surface area contributed by atoms with E-state index in [-0.39, 0.29) is 0 Å². The van der Waals surface area contributed by atoms with Crippen LogP contribution in [0.25, 0.3) is 78.7 Å². The van der Waals surface area contributed by atoms with Crippen molar-refractivity contribution in [3.63, 3.8) is 0 Å². The minimum absolute atomic E-state index is 0.392. The van der Waals surface area contributed by atoms with Gasteiger partial charge in [0.05, 0.1) is 13.5 Å². The summed E-state index contributed by atoms with van der Waals surface area (Å²) >= 11 is 0. The van der Waals surface area contributed by atoms with Crippen LogP contribution in [0.2, 0.25) is 19.6 Å². The molecule has 0 saturated heterocycles. The Balaban J connectivity index is 1.04. The summed E-state index contributed by atoms with van der Waals surface area (Å²) in [7, 11) is -1.61. The fourth-order valence-corrected chi connectivity index (χ4v) is 10.6. The SMILES string of the molecule is C[Si](C)(C)c1ccc2c(c1)C1(c3ccccc3-c3ccccc31)c1cc(-c3cccc(-c4cccc(-c5nc(-c6ccccc6)nc(-c6ccccc6)n5)c4)c3)ccc1-2. The number of nitrogens with zero attached hydrogens (tertiary/aromatic N) is 3. The molecule has 3 nitrogen and oxygen atoms in total. The van der Waals surface area contributed by atoms with Crippen molar-refractivity contribution in [1.29, 1.82) is 0 Å². The van der Waals surface area contributed by atoms with E-state index in [0.29, 0.717) is 17.5 Å². The number of fused-ring (bicyclic) bond motifs is 10. The van der Waals surface area contributed by atoms with Crippen LogP contribution in [-0.4, -0.2) is 23.0 Å². The number of benzene rings is 8. The van der Waals surface area contributed by atoms with Crippen molar-refractivity contribution in [2.45, 2.75) is 25.1 Å². The van der Waals surface area contributed by atoms with Crippen LogP contribution >= 0.6 is 0 Å². The summed E-state index contributed by atoms with van der Waals surface area (Å²) in [5.74, 6) is 1.96. The first-order chi connectivity index (χ1) is 28.9. The van der Waals surface area contributed by atoms with Crippen LogP contribution < -0.4 is 5.19 Å². The molecule has 0 amide bonds. The van der Waals surface area contributed by atoms with Crippen molar-refractivity contribution in [1.82, 2.24) is 15.0 Å². The average molecular weight is 772 g/mol. The Hall–Kier alpha value is -7.01. The van der Waals surface area contributed by atoms with E-state index in [9.17, 15) is 0 Å². The van der Waals surface area contributed by atoms with Gasteiger partial charge in [-0.3, -0.25) is 0 Å². The van der Waals surface area contributed by atoms with Crippen LogP contribution in [0.4, 0.5) is 0 Å². The highest BCUT2D eigenvalue weighted by atomic mass is 28.3. The second kappa shape index (κ2) is 13.5. The Bertz CT molecular complexity index is 2990. The maximum Gasteiger partial charge on any atom is 0.164 e. The van der Waals surface area contributed by atoms with E-state index in [1.165, 1.54) is 60.8 Å². The number of rotatable bonds is 6. The third-order valence-electron chi connectivity index (χ3n) is 12.3. The van der Waals surface area contributed by atoms with Gasteiger partial charge in [-0.2, -0.15) is 0 Å². The highest BCUT2D eigenvalue weighted by Gasteiger charge is 2.52. The van der Waals surface area contributed by atoms with E-state index in [1.807, 2.05) is 60.7 Å². The Morgan fingerprint density at radius 3 is 1.24 bits per heavy atom. The summed E-state index contributed by atoms with van der Waals surface area (Å²) in [5, 5.41) is 1.49. The van der Waals surface area contributed by atoms with Crippen molar-refractivity contribution in [3.8, 4) is 78.7 Å². The standard InChI is InChI=1S/C55H41N3Si/c1-59(2,3)43-29-31-47-46-30-28-41(34-50(46)55(51(47)35-43)48-26-12-10-24-44(48)45-25-11-13-27-49(45)55)39-21-14-20-38(32-39)40-22-15-23-42(33-40)54-57-52(36-16-6-4-7-17-36)56-53(58-54)37-18-8-5-9-19-37/h4-35H,1-3H3. The molecule has 0 fully saturated rings. The van der Waals surface area contributed by atoms with Gasteiger partial charge in [0.25, 0.3) is 0 Å². The molecule has 0 saturated carbocycles. The van der Waals surface area contributed by atoms with E-state index < -0.39 is 13.5 Å². The predicted molar refractivity (Wildman–Crippen MR) is 246 cm³/mol. The van der Waals surface area contributed by atoms with Crippen molar-refractivity contribution >= 4 is 13.3 Å². The molecule has 4 heteroatoms. The van der Waals surface area contributed by atoms with Crippen LogP contribution in [0, 0.1) is 0 Å². The summed E-state index contributed by atoms with van der Waals surface area (Å²) in [6, 6.07) is 70.5. The van der Waals surface area contributed by atoms with Crippen LogP contribution in [0.3, 0.4) is 0 Å². The smallest absolute Gasteiger partial charge is 0.164 e. The van der Waals surface area contributed by atoms with E-state index >= 15 is 0 Å². The maximum atomic E-state index is 5.02. The summed E-state index contributed by atoms with van der Waals surface area (Å²) in [6.07, 6.45) is 0. The first-order valence-corrected chi connectivity index (χ1v) is 23.9. The topological polar surface area (TPSA) is 38.7 Å².